The van der Waals surface area contributed by atoms with E-state index in [1.807, 2.05) is 0 Å². The standard InChI is InChI=1S/C17H27FN4O/c1-12(2)8-9-13(3)21-17(19-4)20-11-16(23)22-15-7-5-6-14(18)10-15/h5-7,10,12-13H,8-9,11H2,1-4H3,(H,22,23)(H2,19,20,21). The molecule has 1 unspecified atom stereocenters. The zero-order valence-electron chi connectivity index (χ0n) is 14.3. The molecule has 128 valence electrons. The van der Waals surface area contributed by atoms with Crippen LogP contribution >= 0.6 is 0 Å². The Morgan fingerprint density at radius 1 is 1.26 bits per heavy atom. The van der Waals surface area contributed by atoms with Crippen molar-refractivity contribution in [2.45, 2.75) is 39.7 Å². The van der Waals surface area contributed by atoms with E-state index in [0.29, 0.717) is 17.6 Å². The van der Waals surface area contributed by atoms with Crippen LogP contribution in [0, 0.1) is 11.7 Å². The molecule has 0 radical (unpaired) electrons. The van der Waals surface area contributed by atoms with Crippen molar-refractivity contribution in [1.82, 2.24) is 10.6 Å². The molecule has 0 bridgehead atoms. The van der Waals surface area contributed by atoms with E-state index in [2.05, 4.69) is 41.7 Å². The highest BCUT2D eigenvalue weighted by molar-refractivity contribution is 5.94. The van der Waals surface area contributed by atoms with E-state index in [-0.39, 0.29) is 24.3 Å². The van der Waals surface area contributed by atoms with Crippen molar-refractivity contribution in [3.8, 4) is 0 Å². The summed E-state index contributed by atoms with van der Waals surface area (Å²) in [5, 5.41) is 8.84. The second-order valence-electron chi connectivity index (χ2n) is 6.00. The van der Waals surface area contributed by atoms with Gasteiger partial charge in [0.1, 0.15) is 5.82 Å². The van der Waals surface area contributed by atoms with Gasteiger partial charge in [-0.3, -0.25) is 9.79 Å². The molecular weight excluding hydrogens is 295 g/mol. The number of nitrogens with one attached hydrogen (secondary N) is 3. The fraction of sp³-hybridized carbons (Fsp3) is 0.529. The van der Waals surface area contributed by atoms with E-state index in [1.165, 1.54) is 12.1 Å². The minimum absolute atomic E-state index is 0.0626. The first-order valence-corrected chi connectivity index (χ1v) is 7.93. The summed E-state index contributed by atoms with van der Waals surface area (Å²) in [7, 11) is 1.66. The number of benzene rings is 1. The van der Waals surface area contributed by atoms with Crippen molar-refractivity contribution in [2.75, 3.05) is 18.9 Å². The Balaban J connectivity index is 2.37. The lowest BCUT2D eigenvalue weighted by Crippen LogP contribution is -2.45. The summed E-state index contributed by atoms with van der Waals surface area (Å²) in [4.78, 5) is 16.0. The molecule has 0 aliphatic rings. The normalized spacial score (nSPS) is 12.9. The quantitative estimate of drug-likeness (QED) is 0.534. The van der Waals surface area contributed by atoms with Gasteiger partial charge in [0.05, 0.1) is 6.54 Å². The highest BCUT2D eigenvalue weighted by Gasteiger charge is 2.08. The van der Waals surface area contributed by atoms with Gasteiger partial charge in [0, 0.05) is 18.8 Å². The van der Waals surface area contributed by atoms with Gasteiger partial charge in [-0.2, -0.15) is 0 Å². The third-order valence-corrected chi connectivity index (χ3v) is 3.31. The number of carbonyl (C=O) groups excluding carboxylic acids is 1. The molecule has 0 aliphatic heterocycles. The molecule has 23 heavy (non-hydrogen) atoms. The van der Waals surface area contributed by atoms with Crippen LogP contribution < -0.4 is 16.0 Å². The number of aliphatic imine (C=N–C) groups is 1. The molecule has 0 aliphatic carbocycles. The summed E-state index contributed by atoms with van der Waals surface area (Å²) >= 11 is 0. The van der Waals surface area contributed by atoms with E-state index in [9.17, 15) is 9.18 Å². The minimum atomic E-state index is -0.382. The smallest absolute Gasteiger partial charge is 0.243 e. The molecule has 1 atom stereocenters. The fourth-order valence-corrected chi connectivity index (χ4v) is 2.02. The van der Waals surface area contributed by atoms with Gasteiger partial charge in [-0.05, 0) is 43.9 Å². The molecule has 3 N–H and O–H groups in total. The molecule has 5 nitrogen and oxygen atoms in total. The van der Waals surface area contributed by atoms with Gasteiger partial charge in [-0.25, -0.2) is 4.39 Å². The number of anilines is 1. The monoisotopic (exact) mass is 322 g/mol. The van der Waals surface area contributed by atoms with Crippen molar-refractivity contribution in [3.05, 3.63) is 30.1 Å². The molecule has 0 aromatic heterocycles. The SMILES string of the molecule is CN=C(NCC(=O)Nc1cccc(F)c1)NC(C)CCC(C)C. The number of halogens is 1. The summed E-state index contributed by atoms with van der Waals surface area (Å²) in [6.45, 7) is 6.53. The summed E-state index contributed by atoms with van der Waals surface area (Å²) < 4.78 is 13.1. The predicted molar refractivity (Wildman–Crippen MR) is 93.1 cm³/mol. The van der Waals surface area contributed by atoms with Crippen LogP contribution in [0.2, 0.25) is 0 Å². The maximum atomic E-state index is 13.1. The molecule has 0 saturated heterocycles. The van der Waals surface area contributed by atoms with Gasteiger partial charge < -0.3 is 16.0 Å². The number of nitrogens with zero attached hydrogens (tertiary/aromatic N) is 1. The van der Waals surface area contributed by atoms with Crippen molar-refractivity contribution < 1.29 is 9.18 Å². The van der Waals surface area contributed by atoms with Crippen LogP contribution in [0.25, 0.3) is 0 Å². The van der Waals surface area contributed by atoms with E-state index < -0.39 is 0 Å². The van der Waals surface area contributed by atoms with Gasteiger partial charge in [-0.15, -0.1) is 0 Å². The largest absolute Gasteiger partial charge is 0.354 e. The molecule has 0 heterocycles. The van der Waals surface area contributed by atoms with Crippen molar-refractivity contribution in [3.63, 3.8) is 0 Å². The van der Waals surface area contributed by atoms with E-state index in [0.717, 1.165) is 12.8 Å². The summed E-state index contributed by atoms with van der Waals surface area (Å²) in [5.41, 5.74) is 0.435. The fourth-order valence-electron chi connectivity index (χ4n) is 2.02. The van der Waals surface area contributed by atoms with Crippen LogP contribution in [-0.4, -0.2) is 31.5 Å². The maximum Gasteiger partial charge on any atom is 0.243 e. The van der Waals surface area contributed by atoms with Crippen molar-refractivity contribution >= 4 is 17.6 Å². The average Bonchev–Trinajstić information content (AvgIpc) is 2.49. The summed E-state index contributed by atoms with van der Waals surface area (Å²) in [6, 6.07) is 6.07. The highest BCUT2D eigenvalue weighted by atomic mass is 19.1. The molecule has 1 rings (SSSR count). The number of hydrogen-bond acceptors (Lipinski definition) is 2. The first kappa shape index (κ1) is 18.9. The summed E-state index contributed by atoms with van der Waals surface area (Å²) in [6.07, 6.45) is 2.17. The lowest BCUT2D eigenvalue weighted by Gasteiger charge is -2.18. The van der Waals surface area contributed by atoms with Crippen LogP contribution in [0.5, 0.6) is 0 Å². The van der Waals surface area contributed by atoms with Crippen molar-refractivity contribution in [1.29, 1.82) is 0 Å². The maximum absolute atomic E-state index is 13.1. The second-order valence-corrected chi connectivity index (χ2v) is 6.00. The Morgan fingerprint density at radius 2 is 2.00 bits per heavy atom. The van der Waals surface area contributed by atoms with E-state index in [4.69, 9.17) is 0 Å². The molecular formula is C17H27FN4O. The first-order chi connectivity index (χ1) is 10.9. The predicted octanol–water partition coefficient (Wildman–Crippen LogP) is 2.75. The van der Waals surface area contributed by atoms with Crippen LogP contribution in [0.1, 0.15) is 33.6 Å². The molecule has 6 heteroatoms. The molecule has 1 amide bonds. The molecule has 0 fully saturated rings. The van der Waals surface area contributed by atoms with Crippen LogP contribution in [0.3, 0.4) is 0 Å². The second kappa shape index (κ2) is 9.82. The Kier molecular flexibility index (Phi) is 8.08. The molecule has 1 aromatic carbocycles. The molecule has 0 saturated carbocycles. The zero-order chi connectivity index (χ0) is 17.2. The average molecular weight is 322 g/mol. The number of carbonyl (C=O) groups is 1. The van der Waals surface area contributed by atoms with E-state index in [1.54, 1.807) is 19.2 Å². The first-order valence-electron chi connectivity index (χ1n) is 7.93. The Labute approximate surface area is 137 Å². The topological polar surface area (TPSA) is 65.5 Å². The summed E-state index contributed by atoms with van der Waals surface area (Å²) in [5.74, 6) is 0.600. The number of amides is 1. The molecule has 0 spiro atoms. The molecule has 1 aromatic rings. The van der Waals surface area contributed by atoms with Gasteiger partial charge in [0.15, 0.2) is 5.96 Å². The Morgan fingerprint density at radius 3 is 2.61 bits per heavy atom. The lowest BCUT2D eigenvalue weighted by atomic mass is 10.0. The number of guanidine groups is 1. The van der Waals surface area contributed by atoms with Crippen LogP contribution in [0.15, 0.2) is 29.3 Å². The zero-order valence-corrected chi connectivity index (χ0v) is 14.3. The highest BCUT2D eigenvalue weighted by Crippen LogP contribution is 2.08. The van der Waals surface area contributed by atoms with Gasteiger partial charge in [0.2, 0.25) is 5.91 Å². The van der Waals surface area contributed by atoms with Gasteiger partial charge in [0.25, 0.3) is 0 Å². The number of hydrogen-bond donors (Lipinski definition) is 3. The van der Waals surface area contributed by atoms with Crippen LogP contribution in [-0.2, 0) is 4.79 Å². The third kappa shape index (κ3) is 8.18. The third-order valence-electron chi connectivity index (χ3n) is 3.31. The van der Waals surface area contributed by atoms with E-state index >= 15 is 0 Å². The number of rotatable bonds is 7. The van der Waals surface area contributed by atoms with Crippen molar-refractivity contribution in [2.24, 2.45) is 10.9 Å². The van der Waals surface area contributed by atoms with Gasteiger partial charge in [-0.1, -0.05) is 19.9 Å². The van der Waals surface area contributed by atoms with Gasteiger partial charge >= 0.3 is 0 Å². The minimum Gasteiger partial charge on any atom is -0.354 e. The Bertz CT molecular complexity index is 531. The van der Waals surface area contributed by atoms with Crippen LogP contribution in [0.4, 0.5) is 10.1 Å². The Hall–Kier alpha value is -2.11. The lowest BCUT2D eigenvalue weighted by molar-refractivity contribution is -0.115.